The first-order chi connectivity index (χ1) is 8.95. The Hall–Kier alpha value is -1.38. The molecule has 1 nitrogen and oxygen atoms in total. The van der Waals surface area contributed by atoms with Crippen LogP contribution in [0, 0.1) is 5.82 Å². The first-order valence-electron chi connectivity index (χ1n) is 6.22. The third kappa shape index (κ3) is 2.80. The fourth-order valence-corrected chi connectivity index (χ4v) is 2.39. The zero-order chi connectivity index (χ0) is 14.0. The SMILES string of the molecule is CCc1ccc(C(C)(O)c2cc(F)ccc2Cl)cc1. The molecule has 0 aliphatic heterocycles. The molecule has 0 fully saturated rings. The molecule has 0 aromatic heterocycles. The maximum absolute atomic E-state index is 13.3. The molecule has 0 saturated heterocycles. The highest BCUT2D eigenvalue weighted by Crippen LogP contribution is 2.34. The van der Waals surface area contributed by atoms with Crippen LogP contribution in [0.2, 0.25) is 5.02 Å². The molecule has 0 amide bonds. The van der Waals surface area contributed by atoms with Crippen molar-refractivity contribution >= 4 is 11.6 Å². The van der Waals surface area contributed by atoms with Crippen LogP contribution in [0.25, 0.3) is 0 Å². The van der Waals surface area contributed by atoms with Crippen molar-refractivity contribution in [3.63, 3.8) is 0 Å². The Labute approximate surface area is 117 Å². The zero-order valence-electron chi connectivity index (χ0n) is 11.0. The summed E-state index contributed by atoms with van der Waals surface area (Å²) >= 11 is 6.06. The van der Waals surface area contributed by atoms with Crippen molar-refractivity contribution in [3.8, 4) is 0 Å². The maximum Gasteiger partial charge on any atom is 0.123 e. The highest BCUT2D eigenvalue weighted by atomic mass is 35.5. The second kappa shape index (κ2) is 5.32. The number of benzene rings is 2. The van der Waals surface area contributed by atoms with Gasteiger partial charge in [0.25, 0.3) is 0 Å². The second-order valence-corrected chi connectivity index (χ2v) is 5.15. The van der Waals surface area contributed by atoms with E-state index >= 15 is 0 Å². The summed E-state index contributed by atoms with van der Waals surface area (Å²) in [5, 5.41) is 11.0. The molecule has 1 N–H and O–H groups in total. The Morgan fingerprint density at radius 1 is 1.16 bits per heavy atom. The standard InChI is InChI=1S/C16H16ClFO/c1-3-11-4-6-12(7-5-11)16(2,19)14-10-13(18)8-9-15(14)17/h4-10,19H,3H2,1-2H3. The van der Waals surface area contributed by atoms with Gasteiger partial charge in [0.15, 0.2) is 0 Å². The predicted octanol–water partition coefficient (Wildman–Crippen LogP) is 4.30. The van der Waals surface area contributed by atoms with E-state index in [1.54, 1.807) is 6.92 Å². The third-order valence-corrected chi connectivity index (χ3v) is 3.71. The van der Waals surface area contributed by atoms with Crippen LogP contribution in [-0.4, -0.2) is 5.11 Å². The summed E-state index contributed by atoms with van der Waals surface area (Å²) in [6.45, 7) is 3.69. The van der Waals surface area contributed by atoms with E-state index in [1.807, 2.05) is 24.3 Å². The molecule has 0 aliphatic carbocycles. The van der Waals surface area contributed by atoms with Gasteiger partial charge in [0.1, 0.15) is 11.4 Å². The van der Waals surface area contributed by atoms with Gasteiger partial charge < -0.3 is 5.11 Å². The van der Waals surface area contributed by atoms with Gasteiger partial charge in [0.2, 0.25) is 0 Å². The maximum atomic E-state index is 13.3. The number of hydrogen-bond donors (Lipinski definition) is 1. The van der Waals surface area contributed by atoms with E-state index in [4.69, 9.17) is 11.6 Å². The first-order valence-corrected chi connectivity index (χ1v) is 6.60. The van der Waals surface area contributed by atoms with Crippen LogP contribution < -0.4 is 0 Å². The van der Waals surface area contributed by atoms with E-state index in [2.05, 4.69) is 6.92 Å². The van der Waals surface area contributed by atoms with Crippen molar-refractivity contribution in [1.82, 2.24) is 0 Å². The Morgan fingerprint density at radius 3 is 2.37 bits per heavy atom. The second-order valence-electron chi connectivity index (χ2n) is 4.75. The molecule has 0 bridgehead atoms. The molecule has 3 heteroatoms. The molecule has 1 atom stereocenters. The van der Waals surface area contributed by atoms with Gasteiger partial charge in [-0.15, -0.1) is 0 Å². The van der Waals surface area contributed by atoms with Crippen LogP contribution in [0.3, 0.4) is 0 Å². The van der Waals surface area contributed by atoms with Gasteiger partial charge in [-0.2, -0.15) is 0 Å². The van der Waals surface area contributed by atoms with E-state index in [0.29, 0.717) is 16.1 Å². The Morgan fingerprint density at radius 2 is 1.79 bits per heavy atom. The zero-order valence-corrected chi connectivity index (χ0v) is 11.7. The van der Waals surface area contributed by atoms with Gasteiger partial charge in [-0.05, 0) is 42.7 Å². The van der Waals surface area contributed by atoms with Gasteiger partial charge in [0.05, 0.1) is 0 Å². The van der Waals surface area contributed by atoms with Crippen LogP contribution in [0.1, 0.15) is 30.5 Å². The topological polar surface area (TPSA) is 20.2 Å². The fraction of sp³-hybridized carbons (Fsp3) is 0.250. The third-order valence-electron chi connectivity index (χ3n) is 3.38. The lowest BCUT2D eigenvalue weighted by Gasteiger charge is -2.26. The molecule has 2 rings (SSSR count). The number of aliphatic hydroxyl groups is 1. The minimum Gasteiger partial charge on any atom is -0.381 e. The average molecular weight is 279 g/mol. The lowest BCUT2D eigenvalue weighted by molar-refractivity contribution is 0.102. The molecular weight excluding hydrogens is 263 g/mol. The van der Waals surface area contributed by atoms with Crippen LogP contribution in [0.4, 0.5) is 4.39 Å². The average Bonchev–Trinajstić information content (AvgIpc) is 2.41. The van der Waals surface area contributed by atoms with Crippen LogP contribution >= 0.6 is 11.6 Å². The number of hydrogen-bond acceptors (Lipinski definition) is 1. The van der Waals surface area contributed by atoms with E-state index in [-0.39, 0.29) is 0 Å². The number of rotatable bonds is 3. The molecule has 2 aromatic rings. The van der Waals surface area contributed by atoms with E-state index in [1.165, 1.54) is 23.8 Å². The Balaban J connectivity index is 2.48. The summed E-state index contributed by atoms with van der Waals surface area (Å²) in [6.07, 6.45) is 0.934. The van der Waals surface area contributed by atoms with Crippen LogP contribution in [-0.2, 0) is 12.0 Å². The minimum atomic E-state index is -1.31. The molecular formula is C16H16ClFO. The van der Waals surface area contributed by atoms with E-state index in [9.17, 15) is 9.50 Å². The van der Waals surface area contributed by atoms with Crippen molar-refractivity contribution in [2.24, 2.45) is 0 Å². The molecule has 2 aromatic carbocycles. The molecule has 100 valence electrons. The van der Waals surface area contributed by atoms with Crippen molar-refractivity contribution in [2.45, 2.75) is 25.9 Å². The number of halogens is 2. The van der Waals surface area contributed by atoms with Gasteiger partial charge in [-0.25, -0.2) is 4.39 Å². The van der Waals surface area contributed by atoms with Crippen LogP contribution in [0.5, 0.6) is 0 Å². The van der Waals surface area contributed by atoms with Gasteiger partial charge in [-0.1, -0.05) is 42.8 Å². The molecule has 1 unspecified atom stereocenters. The summed E-state index contributed by atoms with van der Waals surface area (Å²) < 4.78 is 13.3. The highest BCUT2D eigenvalue weighted by Gasteiger charge is 2.28. The Bertz CT molecular complexity index is 576. The van der Waals surface area contributed by atoms with Gasteiger partial charge in [-0.3, -0.25) is 0 Å². The van der Waals surface area contributed by atoms with Crippen molar-refractivity contribution in [2.75, 3.05) is 0 Å². The quantitative estimate of drug-likeness (QED) is 0.888. The molecule has 0 spiro atoms. The van der Waals surface area contributed by atoms with Crippen molar-refractivity contribution in [1.29, 1.82) is 0 Å². The summed E-state index contributed by atoms with van der Waals surface area (Å²) in [4.78, 5) is 0. The summed E-state index contributed by atoms with van der Waals surface area (Å²) in [5.41, 5.74) is 0.936. The molecule has 0 radical (unpaired) electrons. The largest absolute Gasteiger partial charge is 0.381 e. The van der Waals surface area contributed by atoms with Gasteiger partial charge >= 0.3 is 0 Å². The summed E-state index contributed by atoms with van der Waals surface area (Å²) in [6, 6.07) is 11.6. The fourth-order valence-electron chi connectivity index (χ4n) is 2.09. The summed E-state index contributed by atoms with van der Waals surface area (Å²) in [7, 11) is 0. The van der Waals surface area contributed by atoms with Crippen LogP contribution in [0.15, 0.2) is 42.5 Å². The monoisotopic (exact) mass is 278 g/mol. The number of aryl methyl sites for hydroxylation is 1. The van der Waals surface area contributed by atoms with Crippen molar-refractivity contribution < 1.29 is 9.50 Å². The minimum absolute atomic E-state index is 0.353. The lowest BCUT2D eigenvalue weighted by Crippen LogP contribution is -2.23. The smallest absolute Gasteiger partial charge is 0.123 e. The molecule has 0 saturated carbocycles. The summed E-state index contributed by atoms with van der Waals surface area (Å²) in [5.74, 6) is -0.412. The molecule has 0 aliphatic rings. The molecule has 19 heavy (non-hydrogen) atoms. The first kappa shape index (κ1) is 14.0. The molecule has 0 heterocycles. The van der Waals surface area contributed by atoms with Gasteiger partial charge in [0, 0.05) is 10.6 Å². The van der Waals surface area contributed by atoms with E-state index < -0.39 is 11.4 Å². The lowest BCUT2D eigenvalue weighted by atomic mass is 9.87. The normalized spacial score (nSPS) is 14.2. The van der Waals surface area contributed by atoms with E-state index in [0.717, 1.165) is 6.42 Å². The predicted molar refractivity (Wildman–Crippen MR) is 75.9 cm³/mol. The highest BCUT2D eigenvalue weighted by molar-refractivity contribution is 6.31. The van der Waals surface area contributed by atoms with Crippen molar-refractivity contribution in [3.05, 3.63) is 70.0 Å². The Kier molecular flexibility index (Phi) is 3.93.